The van der Waals surface area contributed by atoms with Crippen LogP contribution in [0.25, 0.3) is 0 Å². The fourth-order valence-corrected chi connectivity index (χ4v) is 5.42. The van der Waals surface area contributed by atoms with E-state index in [1.54, 1.807) is 11.8 Å². The van der Waals surface area contributed by atoms with Crippen molar-refractivity contribution in [2.75, 3.05) is 31.3 Å². The zero-order valence-electron chi connectivity index (χ0n) is 24.6. The topological polar surface area (TPSA) is 81.2 Å². The van der Waals surface area contributed by atoms with Gasteiger partial charge >= 0.3 is 30.6 Å². The largest absolute Gasteiger partial charge is 0.466 e. The van der Waals surface area contributed by atoms with Crippen molar-refractivity contribution in [3.63, 3.8) is 0 Å². The normalized spacial score (nSPS) is 19.7. The second-order valence-corrected chi connectivity index (χ2v) is 10.8. The van der Waals surface area contributed by atoms with Gasteiger partial charge in [-0.1, -0.05) is 0 Å². The maximum Gasteiger partial charge on any atom is 0.417 e. The average molecular weight is 672 g/mol. The highest BCUT2D eigenvalue weighted by molar-refractivity contribution is 5.72. The van der Waals surface area contributed by atoms with Crippen LogP contribution in [0.5, 0.6) is 0 Å². The molecule has 254 valence electrons. The molecule has 2 fully saturated rings. The first-order valence-electron chi connectivity index (χ1n) is 14.2. The lowest BCUT2D eigenvalue weighted by Crippen LogP contribution is -2.42. The van der Waals surface area contributed by atoms with Crippen molar-refractivity contribution < 1.29 is 63.3 Å². The van der Waals surface area contributed by atoms with Crippen LogP contribution < -0.4 is 4.90 Å². The van der Waals surface area contributed by atoms with Crippen molar-refractivity contribution in [1.29, 1.82) is 0 Å². The summed E-state index contributed by atoms with van der Waals surface area (Å²) in [5.74, 6) is -0.557. The molecule has 2 aromatic rings. The van der Waals surface area contributed by atoms with E-state index in [1.807, 2.05) is 0 Å². The van der Waals surface area contributed by atoms with E-state index in [2.05, 4.69) is 4.98 Å². The van der Waals surface area contributed by atoms with Crippen LogP contribution in [0.2, 0.25) is 0 Å². The summed E-state index contributed by atoms with van der Waals surface area (Å²) in [5.41, 5.74) is -5.11. The second kappa shape index (κ2) is 13.5. The third kappa shape index (κ3) is 8.14. The molecule has 46 heavy (non-hydrogen) atoms. The van der Waals surface area contributed by atoms with E-state index in [1.165, 1.54) is 6.92 Å². The third-order valence-corrected chi connectivity index (χ3v) is 7.71. The summed E-state index contributed by atoms with van der Waals surface area (Å²) < 4.78 is 138. The van der Waals surface area contributed by atoms with Crippen molar-refractivity contribution in [3.05, 3.63) is 58.3 Å². The zero-order valence-corrected chi connectivity index (χ0v) is 24.6. The summed E-state index contributed by atoms with van der Waals surface area (Å²) in [4.78, 5) is 31.8. The van der Waals surface area contributed by atoms with Crippen LogP contribution in [-0.2, 0) is 44.1 Å². The molecule has 4 rings (SSSR count). The van der Waals surface area contributed by atoms with Gasteiger partial charge in [0.25, 0.3) is 0 Å². The third-order valence-electron chi connectivity index (χ3n) is 7.71. The van der Waals surface area contributed by atoms with Crippen molar-refractivity contribution in [1.82, 2.24) is 9.88 Å². The first-order chi connectivity index (χ1) is 21.4. The monoisotopic (exact) mass is 671 g/mol. The molecule has 2 unspecified atom stereocenters. The van der Waals surface area contributed by atoms with E-state index in [0.717, 1.165) is 11.0 Å². The number of carbonyl (C=O) groups is 2. The molecule has 2 saturated heterocycles. The fourth-order valence-electron chi connectivity index (χ4n) is 5.42. The first kappa shape index (κ1) is 35.1. The van der Waals surface area contributed by atoms with Gasteiger partial charge in [0, 0.05) is 37.6 Å². The van der Waals surface area contributed by atoms with Crippen LogP contribution >= 0.6 is 0 Å². The molecular weight excluding hydrogens is 641 g/mol. The molecule has 2 atom stereocenters. The average Bonchev–Trinajstić information content (AvgIpc) is 3.25. The van der Waals surface area contributed by atoms with Gasteiger partial charge in [-0.15, -0.1) is 0 Å². The number of ether oxygens (including phenoxy) is 3. The second-order valence-electron chi connectivity index (χ2n) is 10.8. The van der Waals surface area contributed by atoms with Crippen molar-refractivity contribution in [2.24, 2.45) is 0 Å². The van der Waals surface area contributed by atoms with Gasteiger partial charge in [0.05, 0.1) is 42.3 Å². The smallest absolute Gasteiger partial charge is 0.417 e. The molecule has 8 nitrogen and oxygen atoms in total. The Labute approximate surface area is 257 Å². The number of amides is 1. The number of pyridine rings is 1. The Bertz CT molecular complexity index is 1380. The Balaban J connectivity index is 1.73. The van der Waals surface area contributed by atoms with E-state index >= 15 is 0 Å². The van der Waals surface area contributed by atoms with Gasteiger partial charge in [-0.2, -0.15) is 39.5 Å². The van der Waals surface area contributed by atoms with E-state index in [0.29, 0.717) is 44.4 Å². The number of alkyl halides is 9. The summed E-state index contributed by atoms with van der Waals surface area (Å²) in [7, 11) is 0. The van der Waals surface area contributed by atoms with Crippen molar-refractivity contribution >= 4 is 17.9 Å². The number of esters is 1. The predicted octanol–water partition coefficient (Wildman–Crippen LogP) is 7.16. The molecule has 17 heteroatoms. The lowest BCUT2D eigenvalue weighted by molar-refractivity contribution is -0.144. The molecule has 0 aliphatic carbocycles. The van der Waals surface area contributed by atoms with Crippen LogP contribution in [0.4, 0.5) is 50.1 Å². The number of carbonyl (C=O) groups excluding carboxylic acids is 2. The number of hydrogen-bond donors (Lipinski definition) is 0. The molecule has 1 amide bonds. The van der Waals surface area contributed by atoms with Gasteiger partial charge < -0.3 is 19.1 Å². The van der Waals surface area contributed by atoms with Gasteiger partial charge in [-0.25, -0.2) is 9.78 Å². The highest BCUT2D eigenvalue weighted by Gasteiger charge is 2.44. The number of rotatable bonds is 9. The Hall–Kier alpha value is -3.76. The minimum absolute atomic E-state index is 0.00562. The van der Waals surface area contributed by atoms with E-state index < -0.39 is 71.5 Å². The molecular formula is C29H30F9N3O5. The maximum absolute atomic E-state index is 13.8. The quantitative estimate of drug-likeness (QED) is 0.207. The maximum atomic E-state index is 13.8. The molecule has 1 aromatic carbocycles. The first-order valence-corrected chi connectivity index (χ1v) is 14.2. The molecule has 1 aromatic heterocycles. The van der Waals surface area contributed by atoms with Gasteiger partial charge in [-0.3, -0.25) is 9.69 Å². The van der Waals surface area contributed by atoms with E-state index in [9.17, 15) is 49.1 Å². The van der Waals surface area contributed by atoms with E-state index in [4.69, 9.17) is 14.2 Å². The van der Waals surface area contributed by atoms with Crippen molar-refractivity contribution in [2.45, 2.75) is 76.4 Å². The molecule has 2 aliphatic heterocycles. The van der Waals surface area contributed by atoms with Crippen molar-refractivity contribution in [3.8, 4) is 0 Å². The van der Waals surface area contributed by atoms with Gasteiger partial charge in [0.1, 0.15) is 11.9 Å². The standard InChI is InChI=1S/C29H30F9N3O5/c1-3-45-23(42)4-7-40(22-5-8-44-9-6-22)25-18(12-21(14-39-25)29(36,37)38)15-41-16(2)24(46-26(41)43)17-10-19(27(30,31)32)13-20(11-17)28(33,34)35/h10-14,16,22,24H,3-9,15H2,1-2H3. The van der Waals surface area contributed by atoms with Gasteiger partial charge in [0.15, 0.2) is 0 Å². The number of benzene rings is 1. The lowest BCUT2D eigenvalue weighted by Gasteiger charge is -2.37. The Kier molecular flexibility index (Phi) is 10.3. The number of hydrogen-bond acceptors (Lipinski definition) is 7. The number of nitrogens with zero attached hydrogens (tertiary/aromatic N) is 3. The van der Waals surface area contributed by atoms with Crippen LogP contribution in [0, 0.1) is 0 Å². The summed E-state index contributed by atoms with van der Waals surface area (Å²) in [6.45, 7) is 3.05. The minimum Gasteiger partial charge on any atom is -0.466 e. The molecule has 0 radical (unpaired) electrons. The number of anilines is 1. The molecule has 0 saturated carbocycles. The van der Waals surface area contributed by atoms with E-state index in [-0.39, 0.29) is 43.1 Å². The predicted molar refractivity (Wildman–Crippen MR) is 142 cm³/mol. The highest BCUT2D eigenvalue weighted by Crippen LogP contribution is 2.42. The van der Waals surface area contributed by atoms with Crippen LogP contribution in [0.3, 0.4) is 0 Å². The minimum atomic E-state index is -5.16. The Morgan fingerprint density at radius 2 is 1.54 bits per heavy atom. The molecule has 0 spiro atoms. The number of aromatic nitrogens is 1. The molecule has 2 aliphatic rings. The Morgan fingerprint density at radius 3 is 2.09 bits per heavy atom. The molecule has 0 bridgehead atoms. The summed E-state index contributed by atoms with van der Waals surface area (Å²) in [5, 5.41) is 0. The lowest BCUT2D eigenvalue weighted by atomic mass is 9.97. The number of halogens is 9. The summed E-state index contributed by atoms with van der Waals surface area (Å²) in [6, 6.07) is 0.0331. The van der Waals surface area contributed by atoms with Crippen LogP contribution in [0.1, 0.15) is 67.0 Å². The number of cyclic esters (lactones) is 1. The summed E-state index contributed by atoms with van der Waals surface area (Å²) in [6.07, 6.45) is -16.6. The van der Waals surface area contributed by atoms with Gasteiger partial charge in [0.2, 0.25) is 0 Å². The zero-order chi connectivity index (χ0) is 34.0. The van der Waals surface area contributed by atoms with Crippen LogP contribution in [0.15, 0.2) is 30.5 Å². The molecule has 0 N–H and O–H groups in total. The highest BCUT2D eigenvalue weighted by atomic mass is 19.4. The Morgan fingerprint density at radius 1 is 0.957 bits per heavy atom. The van der Waals surface area contributed by atoms with Crippen LogP contribution in [-0.4, -0.2) is 60.4 Å². The SMILES string of the molecule is CCOC(=O)CCN(c1ncc(C(F)(F)F)cc1CN1C(=O)OC(c2cc(C(F)(F)F)cc(C(F)(F)F)c2)C1C)C1CCOCC1. The van der Waals surface area contributed by atoms with Gasteiger partial charge in [-0.05, 0) is 56.5 Å². The molecule has 3 heterocycles. The fraction of sp³-hybridized carbons (Fsp3) is 0.552. The summed E-state index contributed by atoms with van der Waals surface area (Å²) >= 11 is 0.